The molecule has 0 bridgehead atoms. The predicted octanol–water partition coefficient (Wildman–Crippen LogP) is 2.55. The second kappa shape index (κ2) is 7.38. The highest BCUT2D eigenvalue weighted by Gasteiger charge is 2.24. The Bertz CT molecular complexity index is 544. The molecule has 0 unspecified atom stereocenters. The maximum atomic E-state index is 14.2. The smallest absolute Gasteiger partial charge is 0.146 e. The van der Waals surface area contributed by atoms with Crippen molar-refractivity contribution in [2.75, 3.05) is 57.3 Å². The lowest BCUT2D eigenvalue weighted by atomic mass is 10.1. The van der Waals surface area contributed by atoms with E-state index in [1.165, 1.54) is 44.3 Å². The number of hydrazine groups is 1. The van der Waals surface area contributed by atoms with Crippen LogP contribution in [-0.4, -0.2) is 67.3 Å². The van der Waals surface area contributed by atoms with Crippen LogP contribution in [0.4, 0.5) is 10.1 Å². The van der Waals surface area contributed by atoms with E-state index in [0.29, 0.717) is 0 Å². The van der Waals surface area contributed by atoms with E-state index in [0.717, 1.165) is 51.5 Å². The molecule has 0 N–H and O–H groups in total. The Hall–Kier alpha value is -1.17. The van der Waals surface area contributed by atoms with E-state index in [-0.39, 0.29) is 5.82 Å². The first-order valence-electron chi connectivity index (χ1n) is 9.55. The van der Waals surface area contributed by atoms with Gasteiger partial charge >= 0.3 is 0 Å². The van der Waals surface area contributed by atoms with E-state index in [1.807, 2.05) is 6.07 Å². The lowest BCUT2D eigenvalue weighted by molar-refractivity contribution is -0.0418. The third-order valence-electron chi connectivity index (χ3n) is 5.69. The molecule has 0 radical (unpaired) electrons. The van der Waals surface area contributed by atoms with Crippen LogP contribution in [0, 0.1) is 5.82 Å². The van der Waals surface area contributed by atoms with Gasteiger partial charge in [0.1, 0.15) is 5.82 Å². The molecule has 3 aliphatic rings. The lowest BCUT2D eigenvalue weighted by Crippen LogP contribution is -2.52. The van der Waals surface area contributed by atoms with Crippen LogP contribution >= 0.6 is 0 Å². The first-order chi connectivity index (χ1) is 11.8. The summed E-state index contributed by atoms with van der Waals surface area (Å²) < 4.78 is 14.2. The van der Waals surface area contributed by atoms with Crippen molar-refractivity contribution < 1.29 is 4.39 Å². The summed E-state index contributed by atoms with van der Waals surface area (Å²) >= 11 is 0. The molecule has 3 heterocycles. The maximum Gasteiger partial charge on any atom is 0.146 e. The molecule has 3 aliphatic heterocycles. The number of rotatable bonds is 4. The fourth-order valence-corrected chi connectivity index (χ4v) is 4.28. The van der Waals surface area contributed by atoms with Crippen molar-refractivity contribution in [1.29, 1.82) is 0 Å². The average molecular weight is 332 g/mol. The summed E-state index contributed by atoms with van der Waals surface area (Å²) in [4.78, 5) is 4.71. The fraction of sp³-hybridized carbons (Fsp3) is 0.684. The Labute approximate surface area is 144 Å². The minimum atomic E-state index is -0.0699. The van der Waals surface area contributed by atoms with E-state index in [9.17, 15) is 4.39 Å². The van der Waals surface area contributed by atoms with Crippen LogP contribution in [0.3, 0.4) is 0 Å². The zero-order valence-electron chi connectivity index (χ0n) is 14.6. The summed E-state index contributed by atoms with van der Waals surface area (Å²) in [6.45, 7) is 9.85. The largest absolute Gasteiger partial charge is 0.369 e. The van der Waals surface area contributed by atoms with Gasteiger partial charge in [-0.3, -0.25) is 4.90 Å². The van der Waals surface area contributed by atoms with Crippen molar-refractivity contribution in [2.45, 2.75) is 32.2 Å². The van der Waals surface area contributed by atoms with Gasteiger partial charge in [-0.2, -0.15) is 0 Å². The van der Waals surface area contributed by atoms with Gasteiger partial charge in [0.05, 0.1) is 5.69 Å². The van der Waals surface area contributed by atoms with Crippen molar-refractivity contribution in [3.8, 4) is 0 Å². The molecule has 3 saturated heterocycles. The Kier molecular flexibility index (Phi) is 5.01. The van der Waals surface area contributed by atoms with Crippen LogP contribution in [-0.2, 0) is 6.54 Å². The van der Waals surface area contributed by atoms with Crippen LogP contribution in [0.1, 0.15) is 31.2 Å². The van der Waals surface area contributed by atoms with E-state index in [1.54, 1.807) is 6.07 Å². The molecule has 0 saturated carbocycles. The molecular weight excluding hydrogens is 303 g/mol. The number of piperazine rings is 1. The van der Waals surface area contributed by atoms with Crippen LogP contribution < -0.4 is 4.90 Å². The molecule has 0 spiro atoms. The summed E-state index contributed by atoms with van der Waals surface area (Å²) in [5, 5.41) is 5.06. The Balaban J connectivity index is 1.35. The van der Waals surface area contributed by atoms with Crippen LogP contribution in [0.5, 0.6) is 0 Å². The molecule has 1 aromatic carbocycles. The summed E-state index contributed by atoms with van der Waals surface area (Å²) in [6, 6.07) is 5.69. The van der Waals surface area contributed by atoms with E-state index in [2.05, 4.69) is 25.9 Å². The molecule has 4 nitrogen and oxygen atoms in total. The molecule has 0 amide bonds. The molecule has 0 aliphatic carbocycles. The number of halogens is 1. The van der Waals surface area contributed by atoms with Gasteiger partial charge in [0.15, 0.2) is 0 Å². The van der Waals surface area contributed by atoms with Crippen LogP contribution in [0.15, 0.2) is 18.2 Å². The highest BCUT2D eigenvalue weighted by molar-refractivity contribution is 5.50. The Morgan fingerprint density at radius 1 is 0.750 bits per heavy atom. The molecule has 4 rings (SSSR count). The molecule has 132 valence electrons. The normalized spacial score (nSPS) is 24.1. The first-order valence-corrected chi connectivity index (χ1v) is 9.55. The summed E-state index contributed by atoms with van der Waals surface area (Å²) in [6.07, 6.45) is 5.05. The second-order valence-electron chi connectivity index (χ2n) is 7.37. The molecule has 1 aromatic rings. The standard InChI is InChI=1S/C19H29FN4/c20-18-6-5-17(15-19(18)22-7-1-2-8-22)16-21-11-13-24(14-12-21)23-9-3-4-10-23/h5-6,15H,1-4,7-14,16H2. The van der Waals surface area contributed by atoms with Gasteiger partial charge in [0.2, 0.25) is 0 Å². The zero-order chi connectivity index (χ0) is 16.4. The lowest BCUT2D eigenvalue weighted by Gasteiger charge is -2.39. The highest BCUT2D eigenvalue weighted by Crippen LogP contribution is 2.25. The summed E-state index contributed by atoms with van der Waals surface area (Å²) in [7, 11) is 0. The topological polar surface area (TPSA) is 13.0 Å². The molecule has 3 fully saturated rings. The zero-order valence-corrected chi connectivity index (χ0v) is 14.6. The fourth-order valence-electron chi connectivity index (χ4n) is 4.28. The second-order valence-corrected chi connectivity index (χ2v) is 7.37. The minimum Gasteiger partial charge on any atom is -0.369 e. The van der Waals surface area contributed by atoms with Crippen molar-refractivity contribution in [1.82, 2.24) is 14.9 Å². The van der Waals surface area contributed by atoms with Crippen LogP contribution in [0.25, 0.3) is 0 Å². The molecule has 24 heavy (non-hydrogen) atoms. The first kappa shape index (κ1) is 16.3. The number of hydrogen-bond acceptors (Lipinski definition) is 4. The van der Waals surface area contributed by atoms with Gasteiger partial charge in [-0.05, 0) is 43.4 Å². The van der Waals surface area contributed by atoms with Gasteiger partial charge in [-0.15, -0.1) is 0 Å². The Morgan fingerprint density at radius 2 is 1.38 bits per heavy atom. The van der Waals surface area contributed by atoms with Gasteiger partial charge in [0, 0.05) is 58.9 Å². The third kappa shape index (κ3) is 3.58. The number of anilines is 1. The van der Waals surface area contributed by atoms with E-state index in [4.69, 9.17) is 0 Å². The molecule has 0 aromatic heterocycles. The van der Waals surface area contributed by atoms with E-state index < -0.39 is 0 Å². The van der Waals surface area contributed by atoms with Gasteiger partial charge < -0.3 is 4.90 Å². The quantitative estimate of drug-likeness (QED) is 0.840. The average Bonchev–Trinajstić information content (AvgIpc) is 3.31. The van der Waals surface area contributed by atoms with Crippen molar-refractivity contribution in [2.24, 2.45) is 0 Å². The maximum absolute atomic E-state index is 14.2. The number of benzene rings is 1. The van der Waals surface area contributed by atoms with Crippen molar-refractivity contribution in [3.05, 3.63) is 29.6 Å². The Morgan fingerprint density at radius 3 is 2.08 bits per heavy atom. The van der Waals surface area contributed by atoms with E-state index >= 15 is 0 Å². The predicted molar refractivity (Wildman–Crippen MR) is 95.5 cm³/mol. The highest BCUT2D eigenvalue weighted by atomic mass is 19.1. The SMILES string of the molecule is Fc1ccc(CN2CCN(N3CCCC3)CC2)cc1N1CCCC1. The minimum absolute atomic E-state index is 0.0699. The molecule has 0 atom stereocenters. The van der Waals surface area contributed by atoms with Gasteiger partial charge in [0.25, 0.3) is 0 Å². The molecule has 5 heteroatoms. The van der Waals surface area contributed by atoms with Gasteiger partial charge in [-0.1, -0.05) is 6.07 Å². The number of hydrogen-bond donors (Lipinski definition) is 0. The van der Waals surface area contributed by atoms with Crippen molar-refractivity contribution in [3.63, 3.8) is 0 Å². The van der Waals surface area contributed by atoms with Crippen LogP contribution in [0.2, 0.25) is 0 Å². The van der Waals surface area contributed by atoms with Gasteiger partial charge in [-0.25, -0.2) is 14.4 Å². The van der Waals surface area contributed by atoms with Crippen molar-refractivity contribution >= 4 is 5.69 Å². The molecular formula is C19H29FN4. The monoisotopic (exact) mass is 332 g/mol. The summed E-state index contributed by atoms with van der Waals surface area (Å²) in [5.74, 6) is -0.0699. The third-order valence-corrected chi connectivity index (χ3v) is 5.69. The summed E-state index contributed by atoms with van der Waals surface area (Å²) in [5.41, 5.74) is 2.05. The number of nitrogens with zero attached hydrogens (tertiary/aromatic N) is 4.